The number of likely N-dealkylation sites (tertiary alicyclic amines) is 1. The summed E-state index contributed by atoms with van der Waals surface area (Å²) < 4.78 is 11.8. The van der Waals surface area contributed by atoms with Crippen molar-refractivity contribution in [3.63, 3.8) is 0 Å². The average Bonchev–Trinajstić information content (AvgIpc) is 2.61. The number of nitrogens with one attached hydrogen (secondary N) is 1. The smallest absolute Gasteiger partial charge is 0.193 e. The average molecular weight is 467 g/mol. The highest BCUT2D eigenvalue weighted by atomic mass is 127. The van der Waals surface area contributed by atoms with Crippen LogP contribution in [0, 0.1) is 5.92 Å². The minimum Gasteiger partial charge on any atom is -0.376 e. The van der Waals surface area contributed by atoms with Crippen LogP contribution in [0.4, 0.5) is 0 Å². The number of rotatable bonds is 7. The fourth-order valence-corrected chi connectivity index (χ4v) is 3.46. The lowest BCUT2D eigenvalue weighted by Crippen LogP contribution is -2.47. The molecule has 0 bridgehead atoms. The molecule has 6 heteroatoms. The predicted octanol–water partition coefficient (Wildman–Crippen LogP) is 3.67. The van der Waals surface area contributed by atoms with Gasteiger partial charge in [0.1, 0.15) is 0 Å². The van der Waals surface area contributed by atoms with Gasteiger partial charge >= 0.3 is 0 Å². The van der Waals surface area contributed by atoms with Crippen LogP contribution in [-0.2, 0) is 9.47 Å². The van der Waals surface area contributed by atoms with Crippen LogP contribution in [0.2, 0.25) is 0 Å². The Bertz CT molecular complexity index is 366. The van der Waals surface area contributed by atoms with E-state index < -0.39 is 0 Å². The maximum atomic E-state index is 6.10. The number of aliphatic imine (C=N–C) groups is 1. The minimum absolute atomic E-state index is 0. The number of nitrogens with zero attached hydrogens (tertiary/aromatic N) is 2. The molecule has 148 valence electrons. The highest BCUT2D eigenvalue weighted by Crippen LogP contribution is 2.18. The summed E-state index contributed by atoms with van der Waals surface area (Å²) in [6, 6.07) is 0. The van der Waals surface area contributed by atoms with Crippen molar-refractivity contribution in [3.05, 3.63) is 0 Å². The van der Waals surface area contributed by atoms with E-state index in [9.17, 15) is 0 Å². The van der Waals surface area contributed by atoms with Gasteiger partial charge in [-0.25, -0.2) is 0 Å². The third kappa shape index (κ3) is 8.91. The Kier molecular flexibility index (Phi) is 12.1. The molecule has 0 radical (unpaired) electrons. The number of piperidine rings is 1. The molecule has 0 aromatic rings. The highest BCUT2D eigenvalue weighted by Gasteiger charge is 2.23. The fraction of sp³-hybridized carbons (Fsp3) is 0.947. The van der Waals surface area contributed by atoms with E-state index in [1.165, 1.54) is 25.7 Å². The molecule has 2 aliphatic rings. The van der Waals surface area contributed by atoms with Crippen LogP contribution in [0.3, 0.4) is 0 Å². The summed E-state index contributed by atoms with van der Waals surface area (Å²) in [7, 11) is 1.88. The normalized spacial score (nSPS) is 22.8. The molecule has 0 aliphatic carbocycles. The molecule has 2 heterocycles. The standard InChI is InChI=1S/C19H37N3O2.HI/c1-16(2)7-6-11-21-19(20-3)22-12-9-17(10-13-22)24-15-18-8-4-5-14-23-18;/h16-18H,4-15H2,1-3H3,(H,20,21);1H. The van der Waals surface area contributed by atoms with Gasteiger partial charge in [0.2, 0.25) is 0 Å². The maximum absolute atomic E-state index is 6.10. The van der Waals surface area contributed by atoms with Gasteiger partial charge in [0.05, 0.1) is 18.8 Å². The SMILES string of the molecule is CN=C(NCCCC(C)C)N1CCC(OCC2CCCCO2)CC1.I. The Balaban J connectivity index is 0.00000312. The Morgan fingerprint density at radius 3 is 2.60 bits per heavy atom. The second-order valence-electron chi connectivity index (χ2n) is 7.52. The van der Waals surface area contributed by atoms with Gasteiger partial charge in [-0.3, -0.25) is 4.99 Å². The third-order valence-corrected chi connectivity index (χ3v) is 4.99. The van der Waals surface area contributed by atoms with Crippen molar-refractivity contribution in [2.45, 2.75) is 71.0 Å². The summed E-state index contributed by atoms with van der Waals surface area (Å²) in [6.45, 7) is 9.30. The van der Waals surface area contributed by atoms with Gasteiger partial charge in [-0.05, 0) is 50.9 Å². The van der Waals surface area contributed by atoms with E-state index in [0.717, 1.165) is 64.0 Å². The Hall–Kier alpha value is -0.0800. The van der Waals surface area contributed by atoms with Crippen molar-refractivity contribution in [2.75, 3.05) is 39.9 Å². The first-order valence-electron chi connectivity index (χ1n) is 9.88. The quantitative estimate of drug-likeness (QED) is 0.269. The summed E-state index contributed by atoms with van der Waals surface area (Å²) in [6.07, 6.45) is 8.99. The van der Waals surface area contributed by atoms with E-state index in [4.69, 9.17) is 9.47 Å². The number of guanidine groups is 1. The lowest BCUT2D eigenvalue weighted by atomic mass is 10.1. The molecule has 0 saturated carbocycles. The summed E-state index contributed by atoms with van der Waals surface area (Å²) in [5.41, 5.74) is 0. The maximum Gasteiger partial charge on any atom is 0.193 e. The molecule has 2 rings (SSSR count). The third-order valence-electron chi connectivity index (χ3n) is 4.99. The monoisotopic (exact) mass is 467 g/mol. The highest BCUT2D eigenvalue weighted by molar-refractivity contribution is 14.0. The first kappa shape index (κ1) is 23.0. The molecule has 0 aromatic heterocycles. The molecule has 2 fully saturated rings. The molecule has 0 spiro atoms. The van der Waals surface area contributed by atoms with Crippen LogP contribution in [-0.4, -0.2) is 63.0 Å². The van der Waals surface area contributed by atoms with Gasteiger partial charge in [0.25, 0.3) is 0 Å². The molecule has 0 amide bonds. The summed E-state index contributed by atoms with van der Waals surface area (Å²) >= 11 is 0. The Morgan fingerprint density at radius 1 is 1.24 bits per heavy atom. The van der Waals surface area contributed by atoms with E-state index in [1.807, 2.05) is 7.05 Å². The van der Waals surface area contributed by atoms with E-state index in [0.29, 0.717) is 12.2 Å². The molecule has 1 atom stereocenters. The lowest BCUT2D eigenvalue weighted by molar-refractivity contribution is -0.0721. The van der Waals surface area contributed by atoms with Crippen molar-refractivity contribution in [1.29, 1.82) is 0 Å². The molecule has 0 aromatic carbocycles. The van der Waals surface area contributed by atoms with Crippen molar-refractivity contribution in [3.8, 4) is 0 Å². The molecule has 5 nitrogen and oxygen atoms in total. The Morgan fingerprint density at radius 2 is 2.00 bits per heavy atom. The van der Waals surface area contributed by atoms with E-state index in [1.54, 1.807) is 0 Å². The largest absolute Gasteiger partial charge is 0.376 e. The van der Waals surface area contributed by atoms with Gasteiger partial charge in [0, 0.05) is 33.3 Å². The molecular weight excluding hydrogens is 429 g/mol. The fourth-order valence-electron chi connectivity index (χ4n) is 3.46. The first-order valence-corrected chi connectivity index (χ1v) is 9.88. The van der Waals surface area contributed by atoms with Crippen LogP contribution in [0.25, 0.3) is 0 Å². The van der Waals surface area contributed by atoms with Crippen molar-refractivity contribution in [1.82, 2.24) is 10.2 Å². The zero-order valence-corrected chi connectivity index (χ0v) is 18.7. The molecule has 2 aliphatic heterocycles. The van der Waals surface area contributed by atoms with Crippen molar-refractivity contribution in [2.24, 2.45) is 10.9 Å². The lowest BCUT2D eigenvalue weighted by Gasteiger charge is -2.35. The van der Waals surface area contributed by atoms with E-state index in [-0.39, 0.29) is 24.0 Å². The molecule has 1 N–H and O–H groups in total. The van der Waals surface area contributed by atoms with Crippen LogP contribution in [0.5, 0.6) is 0 Å². The van der Waals surface area contributed by atoms with Crippen molar-refractivity contribution >= 4 is 29.9 Å². The number of halogens is 1. The van der Waals surface area contributed by atoms with E-state index >= 15 is 0 Å². The van der Waals surface area contributed by atoms with Gasteiger partial charge in [0.15, 0.2) is 5.96 Å². The van der Waals surface area contributed by atoms with Gasteiger partial charge in [-0.15, -0.1) is 24.0 Å². The van der Waals surface area contributed by atoms with E-state index in [2.05, 4.69) is 29.1 Å². The van der Waals surface area contributed by atoms with Crippen molar-refractivity contribution < 1.29 is 9.47 Å². The predicted molar refractivity (Wildman–Crippen MR) is 115 cm³/mol. The number of hydrogen-bond donors (Lipinski definition) is 1. The second-order valence-corrected chi connectivity index (χ2v) is 7.52. The molecule has 25 heavy (non-hydrogen) atoms. The molecular formula is C19H38IN3O2. The number of ether oxygens (including phenoxy) is 2. The molecule has 1 unspecified atom stereocenters. The topological polar surface area (TPSA) is 46.1 Å². The Labute approximate surface area is 171 Å². The first-order chi connectivity index (χ1) is 11.7. The zero-order chi connectivity index (χ0) is 17.2. The van der Waals surface area contributed by atoms with Crippen LogP contribution in [0.15, 0.2) is 4.99 Å². The summed E-state index contributed by atoms with van der Waals surface area (Å²) in [4.78, 5) is 6.81. The van der Waals surface area contributed by atoms with Gasteiger partial charge in [-0.1, -0.05) is 13.8 Å². The van der Waals surface area contributed by atoms with Gasteiger partial charge < -0.3 is 19.7 Å². The summed E-state index contributed by atoms with van der Waals surface area (Å²) in [5, 5.41) is 3.51. The zero-order valence-electron chi connectivity index (χ0n) is 16.3. The van der Waals surface area contributed by atoms with Crippen LogP contribution in [0.1, 0.15) is 58.8 Å². The number of hydrogen-bond acceptors (Lipinski definition) is 3. The second kappa shape index (κ2) is 13.1. The minimum atomic E-state index is 0. The van der Waals surface area contributed by atoms with Crippen LogP contribution >= 0.6 is 24.0 Å². The summed E-state index contributed by atoms with van der Waals surface area (Å²) in [5.74, 6) is 1.82. The molecule has 2 saturated heterocycles. The van der Waals surface area contributed by atoms with Crippen LogP contribution < -0.4 is 5.32 Å². The van der Waals surface area contributed by atoms with Gasteiger partial charge in [-0.2, -0.15) is 0 Å².